The van der Waals surface area contributed by atoms with Gasteiger partial charge in [0.1, 0.15) is 11.3 Å². The van der Waals surface area contributed by atoms with E-state index in [9.17, 15) is 9.59 Å². The van der Waals surface area contributed by atoms with Crippen LogP contribution in [-0.4, -0.2) is 13.0 Å². The number of benzene rings is 2. The number of nitrogens with one attached hydrogen (secondary N) is 1. The van der Waals surface area contributed by atoms with Gasteiger partial charge < -0.3 is 14.5 Å². The van der Waals surface area contributed by atoms with Crippen molar-refractivity contribution in [2.45, 2.75) is 19.8 Å². The third kappa shape index (κ3) is 4.07. The number of carbonyl (C=O) groups excluding carboxylic acids is 1. The van der Waals surface area contributed by atoms with Crippen LogP contribution >= 0.6 is 22.6 Å². The number of methoxy groups -OCH3 is 1. The Labute approximate surface area is 164 Å². The first-order valence-electron chi connectivity index (χ1n) is 8.13. The summed E-state index contributed by atoms with van der Waals surface area (Å²) in [6, 6.07) is 12.9. The molecule has 0 aliphatic carbocycles. The average Bonchev–Trinajstić information content (AvgIpc) is 2.61. The van der Waals surface area contributed by atoms with Crippen LogP contribution in [0.4, 0.5) is 5.69 Å². The molecule has 1 N–H and O–H groups in total. The highest BCUT2D eigenvalue weighted by atomic mass is 127. The summed E-state index contributed by atoms with van der Waals surface area (Å²) in [4.78, 5) is 24.5. The van der Waals surface area contributed by atoms with Gasteiger partial charge in [0.15, 0.2) is 0 Å². The zero-order valence-corrected chi connectivity index (χ0v) is 16.6. The Morgan fingerprint density at radius 3 is 2.77 bits per heavy atom. The van der Waals surface area contributed by atoms with Crippen LogP contribution < -0.4 is 15.7 Å². The van der Waals surface area contributed by atoms with E-state index in [1.165, 1.54) is 0 Å². The second kappa shape index (κ2) is 7.90. The molecule has 0 saturated heterocycles. The van der Waals surface area contributed by atoms with E-state index in [4.69, 9.17) is 9.15 Å². The Morgan fingerprint density at radius 1 is 1.23 bits per heavy atom. The minimum atomic E-state index is -0.412. The van der Waals surface area contributed by atoms with Gasteiger partial charge in [-0.1, -0.05) is 6.07 Å². The van der Waals surface area contributed by atoms with Crippen molar-refractivity contribution < 1.29 is 13.9 Å². The van der Waals surface area contributed by atoms with Crippen LogP contribution in [0.15, 0.2) is 51.7 Å². The summed E-state index contributed by atoms with van der Waals surface area (Å²) in [5, 5.41) is 3.70. The molecule has 5 nitrogen and oxygen atoms in total. The molecule has 26 heavy (non-hydrogen) atoms. The topological polar surface area (TPSA) is 68.5 Å². The van der Waals surface area contributed by atoms with Crippen molar-refractivity contribution in [3.8, 4) is 5.75 Å². The predicted molar refractivity (Wildman–Crippen MR) is 110 cm³/mol. The Bertz CT molecular complexity index is 1030. The summed E-state index contributed by atoms with van der Waals surface area (Å²) in [5.74, 6) is 0.491. The first-order valence-corrected chi connectivity index (χ1v) is 9.21. The first-order chi connectivity index (χ1) is 12.5. The molecule has 0 aliphatic rings. The molecular formula is C20H18INO4. The highest BCUT2D eigenvalue weighted by Crippen LogP contribution is 2.24. The minimum absolute atomic E-state index is 0.138. The van der Waals surface area contributed by atoms with Gasteiger partial charge in [0, 0.05) is 32.7 Å². The van der Waals surface area contributed by atoms with E-state index in [0.717, 1.165) is 20.2 Å². The molecule has 0 aliphatic heterocycles. The van der Waals surface area contributed by atoms with Gasteiger partial charge in [-0.3, -0.25) is 4.79 Å². The Hall–Kier alpha value is -2.35. The third-order valence-electron chi connectivity index (χ3n) is 4.20. The van der Waals surface area contributed by atoms with Gasteiger partial charge >= 0.3 is 5.63 Å². The largest absolute Gasteiger partial charge is 0.497 e. The van der Waals surface area contributed by atoms with Crippen LogP contribution in [0.2, 0.25) is 0 Å². The van der Waals surface area contributed by atoms with Crippen LogP contribution in [0.25, 0.3) is 11.0 Å². The second-order valence-corrected chi connectivity index (χ2v) is 7.16. The highest BCUT2D eigenvalue weighted by Gasteiger charge is 2.14. The van der Waals surface area contributed by atoms with Crippen molar-refractivity contribution in [3.05, 3.63) is 67.6 Å². The molecule has 0 bridgehead atoms. The maximum absolute atomic E-state index is 12.3. The Balaban J connectivity index is 1.78. The smallest absolute Gasteiger partial charge is 0.339 e. The molecule has 134 valence electrons. The number of amides is 1. The molecule has 0 spiro atoms. The van der Waals surface area contributed by atoms with Gasteiger partial charge in [-0.2, -0.15) is 0 Å². The molecule has 0 fully saturated rings. The van der Waals surface area contributed by atoms with Gasteiger partial charge in [-0.25, -0.2) is 4.79 Å². The molecule has 0 unspecified atom stereocenters. The number of rotatable bonds is 5. The number of anilines is 1. The highest BCUT2D eigenvalue weighted by molar-refractivity contribution is 14.1. The number of hydrogen-bond donors (Lipinski definition) is 1. The minimum Gasteiger partial charge on any atom is -0.497 e. The zero-order valence-electron chi connectivity index (χ0n) is 14.5. The summed E-state index contributed by atoms with van der Waals surface area (Å²) in [5.41, 5.74) is 2.18. The molecule has 3 rings (SSSR count). The molecular weight excluding hydrogens is 445 g/mol. The van der Waals surface area contributed by atoms with Gasteiger partial charge in [-0.05, 0) is 71.8 Å². The van der Waals surface area contributed by atoms with Crippen LogP contribution in [0, 0.1) is 10.5 Å². The lowest BCUT2D eigenvalue weighted by molar-refractivity contribution is -0.116. The third-order valence-corrected chi connectivity index (χ3v) is 4.88. The number of carbonyl (C=O) groups is 1. The van der Waals surface area contributed by atoms with Crippen LogP contribution in [0.1, 0.15) is 17.5 Å². The van der Waals surface area contributed by atoms with Crippen molar-refractivity contribution >= 4 is 45.2 Å². The number of aryl methyl sites for hydroxylation is 1. The summed E-state index contributed by atoms with van der Waals surface area (Å²) in [7, 11) is 1.56. The van der Waals surface area contributed by atoms with Crippen molar-refractivity contribution in [3.63, 3.8) is 0 Å². The maximum Gasteiger partial charge on any atom is 0.339 e. The van der Waals surface area contributed by atoms with Gasteiger partial charge in [0.25, 0.3) is 0 Å². The fourth-order valence-electron chi connectivity index (χ4n) is 2.82. The molecule has 6 heteroatoms. The van der Waals surface area contributed by atoms with Crippen LogP contribution in [0.5, 0.6) is 5.75 Å². The molecule has 2 aromatic carbocycles. The molecule has 1 heterocycles. The summed E-state index contributed by atoms with van der Waals surface area (Å²) in [6.07, 6.45) is 0.532. The first kappa shape index (κ1) is 18.4. The van der Waals surface area contributed by atoms with Gasteiger partial charge in [-0.15, -0.1) is 0 Å². The predicted octanol–water partition coefficient (Wildman–Crippen LogP) is 4.29. The quantitative estimate of drug-likeness (QED) is 0.453. The zero-order chi connectivity index (χ0) is 18.7. The normalized spacial score (nSPS) is 10.7. The number of fused-ring (bicyclic) bond motifs is 1. The van der Waals surface area contributed by atoms with E-state index in [1.54, 1.807) is 13.2 Å². The van der Waals surface area contributed by atoms with E-state index in [2.05, 4.69) is 27.9 Å². The van der Waals surface area contributed by atoms with Crippen LogP contribution in [0.3, 0.4) is 0 Å². The van der Waals surface area contributed by atoms with E-state index in [1.807, 2.05) is 43.3 Å². The molecule has 0 atom stereocenters. The number of halogens is 1. The lowest BCUT2D eigenvalue weighted by Crippen LogP contribution is -2.16. The fraction of sp³-hybridized carbons (Fsp3) is 0.200. The summed E-state index contributed by atoms with van der Waals surface area (Å²) >= 11 is 2.19. The fourth-order valence-corrected chi connectivity index (χ4v) is 3.36. The average molecular weight is 463 g/mol. The van der Waals surface area contributed by atoms with Gasteiger partial charge in [0.05, 0.1) is 7.11 Å². The second-order valence-electron chi connectivity index (χ2n) is 5.91. The van der Waals surface area contributed by atoms with Crippen molar-refractivity contribution in [2.75, 3.05) is 12.4 Å². The lowest BCUT2D eigenvalue weighted by atomic mass is 10.0. The molecule has 1 aromatic heterocycles. The van der Waals surface area contributed by atoms with E-state index < -0.39 is 5.63 Å². The maximum atomic E-state index is 12.3. The SMILES string of the molecule is COc1ccc2c(C)c(CCC(=O)Nc3cccc(I)c3)c(=O)oc2c1. The summed E-state index contributed by atoms with van der Waals surface area (Å²) < 4.78 is 11.6. The summed E-state index contributed by atoms with van der Waals surface area (Å²) in [6.45, 7) is 1.87. The van der Waals surface area contributed by atoms with Crippen molar-refractivity contribution in [2.24, 2.45) is 0 Å². The number of hydrogen-bond acceptors (Lipinski definition) is 4. The molecule has 1 amide bonds. The Morgan fingerprint density at radius 2 is 2.04 bits per heavy atom. The molecule has 0 saturated carbocycles. The Kier molecular flexibility index (Phi) is 5.61. The van der Waals surface area contributed by atoms with Gasteiger partial charge in [0.2, 0.25) is 5.91 Å². The van der Waals surface area contributed by atoms with E-state index in [-0.39, 0.29) is 12.3 Å². The van der Waals surface area contributed by atoms with Crippen molar-refractivity contribution in [1.29, 1.82) is 0 Å². The van der Waals surface area contributed by atoms with Crippen LogP contribution in [-0.2, 0) is 11.2 Å². The lowest BCUT2D eigenvalue weighted by Gasteiger charge is -2.09. The number of ether oxygens (including phenoxy) is 1. The van der Waals surface area contributed by atoms with E-state index in [0.29, 0.717) is 23.3 Å². The van der Waals surface area contributed by atoms with E-state index >= 15 is 0 Å². The standard InChI is InChI=1S/C20H18INO4/c1-12-16-7-6-15(25-2)11-18(16)26-20(24)17(12)8-9-19(23)22-14-5-3-4-13(21)10-14/h3-7,10-11H,8-9H2,1-2H3,(H,22,23). The monoisotopic (exact) mass is 463 g/mol. The molecule has 3 aromatic rings. The van der Waals surface area contributed by atoms with Crippen molar-refractivity contribution in [1.82, 2.24) is 0 Å². The molecule has 0 radical (unpaired) electrons.